The maximum absolute atomic E-state index is 12.7. The number of fused-ring (bicyclic) bond motifs is 1. The number of hydrogen-bond donors (Lipinski definition) is 2. The van der Waals surface area contributed by atoms with Gasteiger partial charge in [-0.05, 0) is 31.9 Å². The van der Waals surface area contributed by atoms with Crippen molar-refractivity contribution in [1.29, 1.82) is 0 Å². The molecule has 0 aliphatic carbocycles. The number of rotatable bonds is 6. The molecule has 30 heavy (non-hydrogen) atoms. The number of pyridine rings is 1. The zero-order chi connectivity index (χ0) is 22.0. The normalized spacial score (nSPS) is 10.9. The highest BCUT2D eigenvalue weighted by molar-refractivity contribution is 6.03. The van der Waals surface area contributed by atoms with Crippen molar-refractivity contribution in [3.05, 3.63) is 67.5 Å². The Morgan fingerprint density at radius 1 is 1.17 bits per heavy atom. The van der Waals surface area contributed by atoms with Gasteiger partial charge in [-0.15, -0.1) is 0 Å². The lowest BCUT2D eigenvalue weighted by atomic mass is 10.0. The number of ketones is 1. The van der Waals surface area contributed by atoms with Crippen LogP contribution in [0, 0.1) is 13.8 Å². The molecule has 0 radical (unpaired) electrons. The highest BCUT2D eigenvalue weighted by atomic mass is 16.5. The van der Waals surface area contributed by atoms with E-state index < -0.39 is 35.2 Å². The first-order chi connectivity index (χ1) is 14.3. The molecule has 0 aliphatic heterocycles. The number of nitrogen functional groups attached to an aromatic ring is 1. The number of anilines is 1. The lowest BCUT2D eigenvalue weighted by molar-refractivity contribution is 0.0472. The third-order valence-corrected chi connectivity index (χ3v) is 4.84. The Labute approximate surface area is 171 Å². The van der Waals surface area contributed by atoms with Crippen molar-refractivity contribution in [3.8, 4) is 0 Å². The lowest BCUT2D eigenvalue weighted by Gasteiger charge is -2.13. The summed E-state index contributed by atoms with van der Waals surface area (Å²) in [7, 11) is 0. The largest absolute Gasteiger partial charge is 0.454 e. The molecule has 0 saturated carbocycles. The van der Waals surface area contributed by atoms with E-state index in [4.69, 9.17) is 10.5 Å². The Balaban J connectivity index is 1.88. The molecule has 3 rings (SSSR count). The molecule has 0 unspecified atom stereocenters. The predicted molar refractivity (Wildman–Crippen MR) is 112 cm³/mol. The molecule has 0 amide bonds. The molecule has 0 spiro atoms. The second kappa shape index (κ2) is 8.32. The van der Waals surface area contributed by atoms with Crippen LogP contribution in [0.15, 0.2) is 33.9 Å². The highest BCUT2D eigenvalue weighted by Crippen LogP contribution is 2.23. The maximum Gasteiger partial charge on any atom is 0.340 e. The predicted octanol–water partition coefficient (Wildman–Crippen LogP) is 1.73. The average molecular weight is 410 g/mol. The zero-order valence-corrected chi connectivity index (χ0v) is 16.9. The smallest absolute Gasteiger partial charge is 0.340 e. The van der Waals surface area contributed by atoms with Gasteiger partial charge in [-0.25, -0.2) is 9.59 Å². The first kappa shape index (κ1) is 21.0. The third-order valence-electron chi connectivity index (χ3n) is 4.84. The second-order valence-electron chi connectivity index (χ2n) is 6.88. The Morgan fingerprint density at radius 3 is 2.57 bits per heavy atom. The molecule has 9 heteroatoms. The van der Waals surface area contributed by atoms with Crippen molar-refractivity contribution in [3.63, 3.8) is 0 Å². The van der Waals surface area contributed by atoms with Gasteiger partial charge < -0.3 is 10.5 Å². The fourth-order valence-electron chi connectivity index (χ4n) is 3.41. The number of H-pyrrole nitrogens is 1. The summed E-state index contributed by atoms with van der Waals surface area (Å²) in [6.07, 6.45) is 0.576. The molecule has 2 heterocycles. The molecule has 0 aliphatic rings. The summed E-state index contributed by atoms with van der Waals surface area (Å²) in [5, 5.41) is 0.800. The number of nitrogens with zero attached hydrogens (tertiary/aromatic N) is 2. The van der Waals surface area contributed by atoms with Gasteiger partial charge in [0, 0.05) is 11.9 Å². The number of ether oxygens (including phenoxy) is 1. The van der Waals surface area contributed by atoms with Crippen LogP contribution in [0.2, 0.25) is 0 Å². The van der Waals surface area contributed by atoms with Gasteiger partial charge in [-0.2, -0.15) is 0 Å². The minimum atomic E-state index is -0.911. The van der Waals surface area contributed by atoms with Gasteiger partial charge in [-0.3, -0.25) is 24.1 Å². The number of aryl methyl sites for hydroxylation is 2. The van der Waals surface area contributed by atoms with E-state index in [-0.39, 0.29) is 17.9 Å². The summed E-state index contributed by atoms with van der Waals surface area (Å²) in [6.45, 7) is 4.83. The van der Waals surface area contributed by atoms with E-state index in [9.17, 15) is 19.2 Å². The number of Topliss-reactive ketones (excluding diaryl/α,β-unsaturated/α-hetero) is 1. The molecule has 0 bridgehead atoms. The van der Waals surface area contributed by atoms with E-state index in [1.807, 2.05) is 31.2 Å². The summed E-state index contributed by atoms with van der Waals surface area (Å²) < 4.78 is 6.28. The van der Waals surface area contributed by atoms with Crippen LogP contribution in [-0.4, -0.2) is 32.9 Å². The number of esters is 1. The van der Waals surface area contributed by atoms with Crippen LogP contribution in [0.4, 0.5) is 5.82 Å². The highest BCUT2D eigenvalue weighted by Gasteiger charge is 2.23. The van der Waals surface area contributed by atoms with Crippen LogP contribution in [0.25, 0.3) is 10.9 Å². The zero-order valence-electron chi connectivity index (χ0n) is 16.9. The van der Waals surface area contributed by atoms with Crippen molar-refractivity contribution in [2.75, 3.05) is 12.3 Å². The van der Waals surface area contributed by atoms with Crippen LogP contribution in [-0.2, 0) is 11.3 Å². The molecule has 0 atom stereocenters. The van der Waals surface area contributed by atoms with Gasteiger partial charge in [0.25, 0.3) is 5.56 Å². The standard InChI is InChI=1S/C21H22N4O5/c1-4-9-25-18(22)17(19(27)24-21(25)29)15(26)10-30-20(28)16-11(2)13-7-5-6-8-14(13)23-12(16)3/h5-8H,4,9-10,22H2,1-3H3,(H,24,27,29). The first-order valence-electron chi connectivity index (χ1n) is 9.45. The van der Waals surface area contributed by atoms with Crippen LogP contribution in [0.1, 0.15) is 45.3 Å². The number of benzene rings is 1. The van der Waals surface area contributed by atoms with Gasteiger partial charge >= 0.3 is 11.7 Å². The maximum atomic E-state index is 12.7. The number of aromatic nitrogens is 3. The van der Waals surface area contributed by atoms with E-state index in [1.165, 1.54) is 0 Å². The molecule has 1 aromatic carbocycles. The molecule has 0 fully saturated rings. The molecule has 2 aromatic heterocycles. The number of carbonyl (C=O) groups excluding carboxylic acids is 2. The number of carbonyl (C=O) groups is 2. The van der Waals surface area contributed by atoms with Crippen LogP contribution in [0.5, 0.6) is 0 Å². The minimum absolute atomic E-state index is 0.239. The molecule has 0 saturated heterocycles. The van der Waals surface area contributed by atoms with Crippen molar-refractivity contribution in [2.45, 2.75) is 33.7 Å². The Hall–Kier alpha value is -3.75. The number of nitrogens with two attached hydrogens (primary N) is 1. The molecule has 3 N–H and O–H groups in total. The monoisotopic (exact) mass is 410 g/mol. The topological polar surface area (TPSA) is 137 Å². The number of para-hydroxylation sites is 1. The van der Waals surface area contributed by atoms with Crippen molar-refractivity contribution in [2.24, 2.45) is 0 Å². The SMILES string of the molecule is CCCn1c(N)c(C(=O)COC(=O)c2c(C)nc3ccccc3c2C)c(=O)[nH]c1=O. The Morgan fingerprint density at radius 2 is 1.87 bits per heavy atom. The van der Waals surface area contributed by atoms with Gasteiger partial charge in [-0.1, -0.05) is 25.1 Å². The second-order valence-corrected chi connectivity index (χ2v) is 6.88. The molecule has 156 valence electrons. The van der Waals surface area contributed by atoms with Crippen LogP contribution < -0.4 is 17.0 Å². The van der Waals surface area contributed by atoms with E-state index >= 15 is 0 Å². The average Bonchev–Trinajstić information content (AvgIpc) is 2.69. The van der Waals surface area contributed by atoms with Crippen LogP contribution >= 0.6 is 0 Å². The van der Waals surface area contributed by atoms with Gasteiger partial charge in [0.05, 0.1) is 16.8 Å². The van der Waals surface area contributed by atoms with Crippen molar-refractivity contribution >= 4 is 28.5 Å². The molecule has 3 aromatic rings. The molecular formula is C21H22N4O5. The first-order valence-corrected chi connectivity index (χ1v) is 9.45. The summed E-state index contributed by atoms with van der Waals surface area (Å²) >= 11 is 0. The molecule has 9 nitrogen and oxygen atoms in total. The van der Waals surface area contributed by atoms with Crippen molar-refractivity contribution in [1.82, 2.24) is 14.5 Å². The Kier molecular flexibility index (Phi) is 5.81. The van der Waals surface area contributed by atoms with Gasteiger partial charge in [0.2, 0.25) is 5.78 Å². The lowest BCUT2D eigenvalue weighted by Crippen LogP contribution is -2.37. The van der Waals surface area contributed by atoms with Crippen LogP contribution in [0.3, 0.4) is 0 Å². The molecular weight excluding hydrogens is 388 g/mol. The number of nitrogens with one attached hydrogen (secondary N) is 1. The van der Waals surface area contributed by atoms with E-state index in [1.54, 1.807) is 13.8 Å². The third kappa shape index (κ3) is 3.73. The fraction of sp³-hybridized carbons (Fsp3) is 0.286. The number of hydrogen-bond acceptors (Lipinski definition) is 7. The Bertz CT molecular complexity index is 1270. The number of aromatic amines is 1. The van der Waals surface area contributed by atoms with E-state index in [0.717, 1.165) is 15.5 Å². The summed E-state index contributed by atoms with van der Waals surface area (Å²) in [5.74, 6) is -1.77. The summed E-state index contributed by atoms with van der Waals surface area (Å²) in [4.78, 5) is 55.7. The van der Waals surface area contributed by atoms with E-state index in [2.05, 4.69) is 9.97 Å². The fourth-order valence-corrected chi connectivity index (χ4v) is 3.41. The summed E-state index contributed by atoms with van der Waals surface area (Å²) in [5.41, 5.74) is 6.03. The summed E-state index contributed by atoms with van der Waals surface area (Å²) in [6, 6.07) is 7.38. The quantitative estimate of drug-likeness (QED) is 0.466. The van der Waals surface area contributed by atoms with Crippen molar-refractivity contribution < 1.29 is 14.3 Å². The van der Waals surface area contributed by atoms with Gasteiger partial charge in [0.1, 0.15) is 11.4 Å². The minimum Gasteiger partial charge on any atom is -0.454 e. The van der Waals surface area contributed by atoms with Gasteiger partial charge in [0.15, 0.2) is 6.61 Å². The van der Waals surface area contributed by atoms with E-state index in [0.29, 0.717) is 17.7 Å².